The molecule has 0 aliphatic heterocycles. The SMILES string of the molecule is COc1ccccc1CN(C)C(=O)CNC(=O)COc1ccccc1. The molecule has 0 bridgehead atoms. The van der Waals surface area contributed by atoms with Crippen LogP contribution in [0.1, 0.15) is 5.56 Å². The number of nitrogens with zero attached hydrogens (tertiary/aromatic N) is 1. The highest BCUT2D eigenvalue weighted by Crippen LogP contribution is 2.18. The van der Waals surface area contributed by atoms with Gasteiger partial charge in [0, 0.05) is 19.2 Å². The van der Waals surface area contributed by atoms with E-state index in [0.29, 0.717) is 12.3 Å². The summed E-state index contributed by atoms with van der Waals surface area (Å²) in [5.41, 5.74) is 0.902. The van der Waals surface area contributed by atoms with Crippen molar-refractivity contribution in [2.75, 3.05) is 27.3 Å². The highest BCUT2D eigenvalue weighted by molar-refractivity contribution is 5.85. The maximum Gasteiger partial charge on any atom is 0.258 e. The molecule has 2 rings (SSSR count). The van der Waals surface area contributed by atoms with Crippen molar-refractivity contribution in [3.8, 4) is 11.5 Å². The largest absolute Gasteiger partial charge is 0.496 e. The second kappa shape index (κ2) is 9.32. The van der Waals surface area contributed by atoms with Crippen LogP contribution in [0.15, 0.2) is 54.6 Å². The molecule has 0 saturated carbocycles. The molecular weight excluding hydrogens is 320 g/mol. The number of amides is 2. The number of para-hydroxylation sites is 2. The van der Waals surface area contributed by atoms with Crippen molar-refractivity contribution in [1.82, 2.24) is 10.2 Å². The van der Waals surface area contributed by atoms with E-state index < -0.39 is 0 Å². The van der Waals surface area contributed by atoms with Crippen molar-refractivity contribution in [2.45, 2.75) is 6.54 Å². The van der Waals surface area contributed by atoms with Crippen LogP contribution < -0.4 is 14.8 Å². The quantitative estimate of drug-likeness (QED) is 0.795. The maximum atomic E-state index is 12.2. The number of rotatable bonds is 8. The van der Waals surface area contributed by atoms with Gasteiger partial charge in [0.2, 0.25) is 5.91 Å². The number of hydrogen-bond acceptors (Lipinski definition) is 4. The molecule has 132 valence electrons. The normalized spacial score (nSPS) is 10.0. The number of carbonyl (C=O) groups excluding carboxylic acids is 2. The molecule has 0 unspecified atom stereocenters. The highest BCUT2D eigenvalue weighted by Gasteiger charge is 2.13. The summed E-state index contributed by atoms with van der Waals surface area (Å²) in [4.78, 5) is 25.5. The summed E-state index contributed by atoms with van der Waals surface area (Å²) in [5, 5.41) is 2.56. The molecule has 0 radical (unpaired) electrons. The van der Waals surface area contributed by atoms with Crippen LogP contribution >= 0.6 is 0 Å². The number of likely N-dealkylation sites (N-methyl/N-ethyl adjacent to an activating group) is 1. The third-order valence-corrected chi connectivity index (χ3v) is 3.58. The molecule has 0 fully saturated rings. The van der Waals surface area contributed by atoms with E-state index in [9.17, 15) is 9.59 Å². The lowest BCUT2D eigenvalue weighted by Gasteiger charge is -2.19. The number of nitrogens with one attached hydrogen (secondary N) is 1. The van der Waals surface area contributed by atoms with Crippen LogP contribution in [0.25, 0.3) is 0 Å². The zero-order valence-corrected chi connectivity index (χ0v) is 14.4. The molecule has 1 N–H and O–H groups in total. The van der Waals surface area contributed by atoms with E-state index in [-0.39, 0.29) is 25.0 Å². The summed E-state index contributed by atoms with van der Waals surface area (Å²) in [6, 6.07) is 16.5. The van der Waals surface area contributed by atoms with Crippen molar-refractivity contribution >= 4 is 11.8 Å². The predicted molar refractivity (Wildman–Crippen MR) is 94.4 cm³/mol. The Kier molecular flexibility index (Phi) is 6.83. The summed E-state index contributed by atoms with van der Waals surface area (Å²) in [6.45, 7) is 0.190. The fraction of sp³-hybridized carbons (Fsp3) is 0.263. The van der Waals surface area contributed by atoms with Gasteiger partial charge in [-0.3, -0.25) is 9.59 Å². The predicted octanol–water partition coefficient (Wildman–Crippen LogP) is 1.85. The van der Waals surface area contributed by atoms with Crippen LogP contribution in [-0.2, 0) is 16.1 Å². The van der Waals surface area contributed by atoms with Crippen molar-refractivity contribution in [2.24, 2.45) is 0 Å². The van der Waals surface area contributed by atoms with Gasteiger partial charge in [0.1, 0.15) is 11.5 Å². The number of ether oxygens (including phenoxy) is 2. The zero-order chi connectivity index (χ0) is 18.1. The Hall–Kier alpha value is -3.02. The Morgan fingerprint density at radius 3 is 2.44 bits per heavy atom. The van der Waals surface area contributed by atoms with Crippen LogP contribution in [-0.4, -0.2) is 44.0 Å². The lowest BCUT2D eigenvalue weighted by atomic mass is 10.2. The molecule has 0 aliphatic carbocycles. The first kappa shape index (κ1) is 18.3. The average Bonchev–Trinajstić information content (AvgIpc) is 2.65. The van der Waals surface area contributed by atoms with Gasteiger partial charge in [-0.1, -0.05) is 36.4 Å². The molecule has 0 saturated heterocycles. The minimum atomic E-state index is -0.345. The first-order chi connectivity index (χ1) is 12.1. The number of methoxy groups -OCH3 is 1. The zero-order valence-electron chi connectivity index (χ0n) is 14.4. The van der Waals surface area contributed by atoms with E-state index in [1.165, 1.54) is 4.90 Å². The van der Waals surface area contributed by atoms with E-state index in [4.69, 9.17) is 9.47 Å². The van der Waals surface area contributed by atoms with Crippen LogP contribution in [0.5, 0.6) is 11.5 Å². The average molecular weight is 342 g/mol. The van der Waals surface area contributed by atoms with E-state index in [1.54, 1.807) is 26.3 Å². The van der Waals surface area contributed by atoms with E-state index in [1.807, 2.05) is 42.5 Å². The minimum absolute atomic E-state index is 0.0807. The van der Waals surface area contributed by atoms with Gasteiger partial charge in [0.25, 0.3) is 5.91 Å². The van der Waals surface area contributed by atoms with Crippen molar-refractivity contribution in [3.05, 3.63) is 60.2 Å². The standard InChI is InChI=1S/C19H22N2O4/c1-21(13-15-8-6-7-11-17(15)24-2)19(23)12-20-18(22)14-25-16-9-4-3-5-10-16/h3-11H,12-14H2,1-2H3,(H,20,22). The molecule has 0 aromatic heterocycles. The van der Waals surface area contributed by atoms with Gasteiger partial charge in [0.15, 0.2) is 6.61 Å². The number of hydrogen-bond donors (Lipinski definition) is 1. The number of benzene rings is 2. The van der Waals surface area contributed by atoms with Gasteiger partial charge in [-0.25, -0.2) is 0 Å². The minimum Gasteiger partial charge on any atom is -0.496 e. The fourth-order valence-corrected chi connectivity index (χ4v) is 2.20. The molecule has 2 aromatic rings. The second-order valence-electron chi connectivity index (χ2n) is 5.44. The van der Waals surface area contributed by atoms with Crippen LogP contribution in [0.4, 0.5) is 0 Å². The van der Waals surface area contributed by atoms with E-state index in [2.05, 4.69) is 5.32 Å². The molecule has 0 aliphatic rings. The molecule has 2 amide bonds. The van der Waals surface area contributed by atoms with Crippen LogP contribution in [0.2, 0.25) is 0 Å². The smallest absolute Gasteiger partial charge is 0.258 e. The highest BCUT2D eigenvalue weighted by atomic mass is 16.5. The molecule has 0 heterocycles. The second-order valence-corrected chi connectivity index (χ2v) is 5.44. The van der Waals surface area contributed by atoms with Crippen molar-refractivity contribution < 1.29 is 19.1 Å². The Morgan fingerprint density at radius 2 is 1.72 bits per heavy atom. The summed E-state index contributed by atoms with van der Waals surface area (Å²) in [6.07, 6.45) is 0. The van der Waals surface area contributed by atoms with Gasteiger partial charge in [-0.15, -0.1) is 0 Å². The maximum absolute atomic E-state index is 12.2. The fourth-order valence-electron chi connectivity index (χ4n) is 2.20. The Labute approximate surface area is 147 Å². The van der Waals surface area contributed by atoms with Gasteiger partial charge in [0.05, 0.1) is 13.7 Å². The first-order valence-electron chi connectivity index (χ1n) is 7.90. The summed E-state index contributed by atoms with van der Waals surface area (Å²) in [7, 11) is 3.27. The third-order valence-electron chi connectivity index (χ3n) is 3.58. The van der Waals surface area contributed by atoms with Gasteiger partial charge in [-0.05, 0) is 18.2 Å². The molecule has 2 aromatic carbocycles. The van der Waals surface area contributed by atoms with Gasteiger partial charge >= 0.3 is 0 Å². The van der Waals surface area contributed by atoms with Crippen molar-refractivity contribution in [3.63, 3.8) is 0 Å². The van der Waals surface area contributed by atoms with E-state index in [0.717, 1.165) is 11.3 Å². The Bertz CT molecular complexity index is 704. The van der Waals surface area contributed by atoms with Gasteiger partial charge < -0.3 is 19.7 Å². The summed E-state index contributed by atoms with van der Waals surface area (Å²) in [5.74, 6) is 0.793. The summed E-state index contributed by atoms with van der Waals surface area (Å²) < 4.78 is 10.6. The van der Waals surface area contributed by atoms with Gasteiger partial charge in [-0.2, -0.15) is 0 Å². The molecule has 25 heavy (non-hydrogen) atoms. The van der Waals surface area contributed by atoms with Crippen LogP contribution in [0.3, 0.4) is 0 Å². The van der Waals surface area contributed by atoms with Crippen molar-refractivity contribution in [1.29, 1.82) is 0 Å². The Balaban J connectivity index is 1.76. The van der Waals surface area contributed by atoms with E-state index >= 15 is 0 Å². The molecule has 6 heteroatoms. The lowest BCUT2D eigenvalue weighted by molar-refractivity contribution is -0.132. The Morgan fingerprint density at radius 1 is 1.04 bits per heavy atom. The molecule has 0 spiro atoms. The topological polar surface area (TPSA) is 67.9 Å². The summed E-state index contributed by atoms with van der Waals surface area (Å²) >= 11 is 0. The first-order valence-corrected chi connectivity index (χ1v) is 7.90. The number of carbonyl (C=O) groups is 2. The lowest BCUT2D eigenvalue weighted by Crippen LogP contribution is -2.39. The van der Waals surface area contributed by atoms with Crippen LogP contribution in [0, 0.1) is 0 Å². The monoisotopic (exact) mass is 342 g/mol. The molecular formula is C19H22N2O4. The third kappa shape index (κ3) is 5.84. The molecule has 6 nitrogen and oxygen atoms in total. The molecule has 0 atom stereocenters.